The van der Waals surface area contributed by atoms with E-state index in [2.05, 4.69) is 23.8 Å². The molecule has 27 heavy (non-hydrogen) atoms. The van der Waals surface area contributed by atoms with Crippen molar-refractivity contribution >= 4 is 7.75 Å². The van der Waals surface area contributed by atoms with Gasteiger partial charge in [0.2, 0.25) is 0 Å². The van der Waals surface area contributed by atoms with Crippen molar-refractivity contribution in [2.75, 3.05) is 13.1 Å². The van der Waals surface area contributed by atoms with Crippen molar-refractivity contribution < 1.29 is 13.6 Å². The van der Waals surface area contributed by atoms with Crippen LogP contribution in [-0.4, -0.2) is 30.1 Å². The van der Waals surface area contributed by atoms with E-state index in [1.807, 2.05) is 36.4 Å². The van der Waals surface area contributed by atoms with Crippen LogP contribution in [0.2, 0.25) is 0 Å². The maximum absolute atomic E-state index is 13.4. The first-order valence-corrected chi connectivity index (χ1v) is 11.2. The summed E-state index contributed by atoms with van der Waals surface area (Å²) in [6.07, 6.45) is 3.70. The van der Waals surface area contributed by atoms with Gasteiger partial charge < -0.3 is 9.05 Å². The van der Waals surface area contributed by atoms with E-state index in [9.17, 15) is 4.57 Å². The van der Waals surface area contributed by atoms with Gasteiger partial charge in [-0.3, -0.25) is 4.90 Å². The molecule has 6 heteroatoms. The Balaban J connectivity index is 1.66. The third-order valence-electron chi connectivity index (χ3n) is 4.99. The Morgan fingerprint density at radius 1 is 0.926 bits per heavy atom. The minimum atomic E-state index is -3.55. The first-order chi connectivity index (χ1) is 13.1. The molecule has 0 amide bonds. The van der Waals surface area contributed by atoms with Crippen LogP contribution < -0.4 is 14.1 Å². The van der Waals surface area contributed by atoms with Crippen LogP contribution in [0.1, 0.15) is 33.1 Å². The second kappa shape index (κ2) is 9.41. The number of nitrogens with zero attached hydrogens (tertiary/aromatic N) is 1. The van der Waals surface area contributed by atoms with E-state index in [4.69, 9.17) is 9.05 Å². The molecule has 0 spiro atoms. The topological polar surface area (TPSA) is 50.8 Å². The highest BCUT2D eigenvalue weighted by Crippen LogP contribution is 2.44. The highest BCUT2D eigenvalue weighted by molar-refractivity contribution is 7.52. The predicted molar refractivity (Wildman–Crippen MR) is 109 cm³/mol. The molecule has 146 valence electrons. The van der Waals surface area contributed by atoms with Crippen LogP contribution in [0.5, 0.6) is 11.5 Å². The Morgan fingerprint density at radius 3 is 1.89 bits per heavy atom. The standard InChI is InChI=1S/C21H29N2O3P/c1-18-10-9-11-19(2)23(18)17-16-22-27(24,25-20-12-5-3-6-13-20)26-21-14-7-4-8-15-21/h3-8,12-15,18-19H,9-11,16-17H2,1-2H3,(H,22,24)/t18-,19-/m0/s1. The molecular weight excluding hydrogens is 359 g/mol. The lowest BCUT2D eigenvalue weighted by molar-refractivity contribution is 0.106. The number of para-hydroxylation sites is 2. The fourth-order valence-corrected chi connectivity index (χ4v) is 4.89. The Kier molecular flexibility index (Phi) is 6.95. The zero-order valence-corrected chi connectivity index (χ0v) is 17.0. The molecule has 0 unspecified atom stereocenters. The summed E-state index contributed by atoms with van der Waals surface area (Å²) in [5.74, 6) is 1.04. The van der Waals surface area contributed by atoms with E-state index >= 15 is 0 Å². The van der Waals surface area contributed by atoms with Gasteiger partial charge in [0, 0.05) is 25.2 Å². The summed E-state index contributed by atoms with van der Waals surface area (Å²) in [7, 11) is -3.55. The third kappa shape index (κ3) is 5.83. The molecule has 3 rings (SSSR count). The van der Waals surface area contributed by atoms with Gasteiger partial charge in [0.25, 0.3) is 0 Å². The number of rotatable bonds is 8. The Bertz CT molecular complexity index is 686. The van der Waals surface area contributed by atoms with Crippen molar-refractivity contribution in [1.29, 1.82) is 0 Å². The van der Waals surface area contributed by atoms with Crippen molar-refractivity contribution in [1.82, 2.24) is 9.99 Å². The number of likely N-dealkylation sites (tertiary alicyclic amines) is 1. The number of hydrogen-bond acceptors (Lipinski definition) is 4. The van der Waals surface area contributed by atoms with Gasteiger partial charge in [-0.15, -0.1) is 0 Å². The molecule has 0 radical (unpaired) electrons. The zero-order chi connectivity index (χ0) is 19.1. The normalized spacial score (nSPS) is 21.0. The average Bonchev–Trinajstić information content (AvgIpc) is 2.66. The lowest BCUT2D eigenvalue weighted by Gasteiger charge is -2.39. The van der Waals surface area contributed by atoms with Gasteiger partial charge in [-0.1, -0.05) is 42.8 Å². The molecular formula is C21H29N2O3P. The first kappa shape index (κ1) is 19.9. The number of benzene rings is 2. The van der Waals surface area contributed by atoms with Crippen molar-refractivity contribution in [3.05, 3.63) is 60.7 Å². The molecule has 1 saturated heterocycles. The summed E-state index contributed by atoms with van der Waals surface area (Å²) < 4.78 is 24.9. The Hall–Kier alpha value is -1.81. The number of nitrogens with one attached hydrogen (secondary N) is 1. The molecule has 1 N–H and O–H groups in total. The molecule has 1 heterocycles. The number of hydrogen-bond donors (Lipinski definition) is 1. The SMILES string of the molecule is C[C@H]1CCC[C@H](C)N1CCNP(=O)(Oc1ccccc1)Oc1ccccc1. The molecule has 0 aromatic heterocycles. The van der Waals surface area contributed by atoms with Gasteiger partial charge in [-0.05, 0) is 51.0 Å². The van der Waals surface area contributed by atoms with Gasteiger partial charge >= 0.3 is 7.75 Å². The van der Waals surface area contributed by atoms with Crippen LogP contribution in [0.15, 0.2) is 60.7 Å². The lowest BCUT2D eigenvalue weighted by Crippen LogP contribution is -2.46. The minimum absolute atomic E-state index is 0.518. The quantitative estimate of drug-likeness (QED) is 0.637. The molecule has 1 aliphatic rings. The van der Waals surface area contributed by atoms with Gasteiger partial charge in [0.1, 0.15) is 11.5 Å². The monoisotopic (exact) mass is 388 g/mol. The second-order valence-corrected chi connectivity index (χ2v) is 8.76. The molecule has 1 fully saturated rings. The Labute approximate surface area is 162 Å². The molecule has 2 atom stereocenters. The van der Waals surface area contributed by atoms with Gasteiger partial charge in [-0.2, -0.15) is 5.09 Å². The third-order valence-corrected chi connectivity index (χ3v) is 6.50. The summed E-state index contributed by atoms with van der Waals surface area (Å²) in [6, 6.07) is 19.4. The summed E-state index contributed by atoms with van der Waals surface area (Å²) in [5, 5.41) is 3.05. The van der Waals surface area contributed by atoms with Crippen LogP contribution >= 0.6 is 7.75 Å². The Morgan fingerprint density at radius 2 is 1.41 bits per heavy atom. The molecule has 0 bridgehead atoms. The van der Waals surface area contributed by atoms with E-state index < -0.39 is 7.75 Å². The van der Waals surface area contributed by atoms with Crippen molar-refractivity contribution in [2.45, 2.75) is 45.2 Å². The smallest absolute Gasteiger partial charge is 0.405 e. The van der Waals surface area contributed by atoms with Crippen LogP contribution in [0, 0.1) is 0 Å². The van der Waals surface area contributed by atoms with Gasteiger partial charge in [0.05, 0.1) is 0 Å². The molecule has 1 aliphatic heterocycles. The molecule has 0 saturated carbocycles. The molecule has 0 aliphatic carbocycles. The summed E-state index contributed by atoms with van der Waals surface area (Å²) >= 11 is 0. The second-order valence-electron chi connectivity index (χ2n) is 7.08. The van der Waals surface area contributed by atoms with Gasteiger partial charge in [0.15, 0.2) is 0 Å². The maximum atomic E-state index is 13.4. The molecule has 2 aromatic carbocycles. The van der Waals surface area contributed by atoms with E-state index in [1.54, 1.807) is 24.3 Å². The van der Waals surface area contributed by atoms with E-state index in [1.165, 1.54) is 19.3 Å². The zero-order valence-electron chi connectivity index (χ0n) is 16.1. The van der Waals surface area contributed by atoms with Crippen molar-refractivity contribution in [2.24, 2.45) is 0 Å². The summed E-state index contributed by atoms with van der Waals surface area (Å²) in [5.41, 5.74) is 0. The fraction of sp³-hybridized carbons (Fsp3) is 0.429. The van der Waals surface area contributed by atoms with Crippen LogP contribution in [0.4, 0.5) is 0 Å². The van der Waals surface area contributed by atoms with Crippen LogP contribution in [-0.2, 0) is 4.57 Å². The van der Waals surface area contributed by atoms with E-state index in [-0.39, 0.29) is 0 Å². The van der Waals surface area contributed by atoms with E-state index in [0.29, 0.717) is 30.1 Å². The highest BCUT2D eigenvalue weighted by Gasteiger charge is 2.30. The lowest BCUT2D eigenvalue weighted by atomic mass is 9.98. The van der Waals surface area contributed by atoms with E-state index in [0.717, 1.165) is 6.54 Å². The van der Waals surface area contributed by atoms with Crippen molar-refractivity contribution in [3.63, 3.8) is 0 Å². The molecule has 2 aromatic rings. The minimum Gasteiger partial charge on any atom is -0.405 e. The summed E-state index contributed by atoms with van der Waals surface area (Å²) in [6.45, 7) is 5.86. The van der Waals surface area contributed by atoms with Crippen LogP contribution in [0.25, 0.3) is 0 Å². The predicted octanol–water partition coefficient (Wildman–Crippen LogP) is 5.11. The van der Waals surface area contributed by atoms with Crippen molar-refractivity contribution in [3.8, 4) is 11.5 Å². The van der Waals surface area contributed by atoms with Crippen LogP contribution in [0.3, 0.4) is 0 Å². The van der Waals surface area contributed by atoms with Gasteiger partial charge in [-0.25, -0.2) is 4.57 Å². The molecule has 5 nitrogen and oxygen atoms in total. The highest BCUT2D eigenvalue weighted by atomic mass is 31.2. The largest absolute Gasteiger partial charge is 0.512 e. The average molecular weight is 388 g/mol. The first-order valence-electron chi connectivity index (χ1n) is 9.66. The fourth-order valence-electron chi connectivity index (χ4n) is 3.55. The summed E-state index contributed by atoms with van der Waals surface area (Å²) in [4.78, 5) is 2.46. The maximum Gasteiger partial charge on any atom is 0.512 e. The number of piperidine rings is 1.